The normalized spacial score (nSPS) is 15.0. The van der Waals surface area contributed by atoms with Gasteiger partial charge in [-0.1, -0.05) is 15.6 Å². The minimum absolute atomic E-state index is 0.120. The average Bonchev–Trinajstić information content (AvgIpc) is 3.32. The molecule has 0 fully saturated rings. The maximum atomic E-state index is 3.95. The quantitative estimate of drug-likeness (QED) is 0.470. The van der Waals surface area contributed by atoms with Gasteiger partial charge in [-0.25, -0.2) is 0 Å². The second-order valence-corrected chi connectivity index (χ2v) is 3.80. The van der Waals surface area contributed by atoms with Gasteiger partial charge in [0, 0.05) is 0 Å². The van der Waals surface area contributed by atoms with Crippen molar-refractivity contribution in [3.63, 3.8) is 0 Å². The van der Waals surface area contributed by atoms with E-state index < -0.39 is 11.6 Å². The number of aromatic amines is 3. The fourth-order valence-corrected chi connectivity index (χ4v) is 1.97. The highest BCUT2D eigenvalue weighted by atomic mass is 15.6. The molecule has 0 saturated carbocycles. The Hall–Kier alpha value is -3.59. The molecule has 0 unspecified atom stereocenters. The third-order valence-corrected chi connectivity index (χ3v) is 2.84. The van der Waals surface area contributed by atoms with Crippen LogP contribution in [0, 0.1) is 0 Å². The summed E-state index contributed by atoms with van der Waals surface area (Å²) in [7, 11) is 0. The second kappa shape index (κ2) is 4.21. The maximum Gasteiger partial charge on any atom is 0.212 e. The number of aromatic nitrogens is 12. The van der Waals surface area contributed by atoms with Crippen LogP contribution in [0.4, 0.5) is 0 Å². The molecule has 4 rings (SSSR count). The van der Waals surface area contributed by atoms with E-state index in [0.29, 0.717) is 0 Å². The van der Waals surface area contributed by atoms with Crippen LogP contribution in [0.1, 0.15) is 17.5 Å². The molecule has 0 saturated heterocycles. The van der Waals surface area contributed by atoms with E-state index >= 15 is 0 Å². The number of rotatable bonds is 4. The predicted molar refractivity (Wildman–Crippen MR) is 55.9 cm³/mol. The molecule has 3 aromatic heterocycles. The first-order chi connectivity index (χ1) is 10.4. The van der Waals surface area contributed by atoms with Crippen LogP contribution in [0.25, 0.3) is 0 Å². The summed E-state index contributed by atoms with van der Waals surface area (Å²) < 4.78 is 0. The highest BCUT2D eigenvalue weighted by Gasteiger charge is 2.56. The van der Waals surface area contributed by atoms with E-state index in [0.717, 1.165) is 0 Å². The molecule has 21 heavy (non-hydrogen) atoms. The summed E-state index contributed by atoms with van der Waals surface area (Å²) in [5.74, 6) is 0.361. The molecule has 0 aliphatic carbocycles. The smallest absolute Gasteiger partial charge is 0.177 e. The van der Waals surface area contributed by atoms with Crippen molar-refractivity contribution in [3.05, 3.63) is 17.5 Å². The second-order valence-electron chi connectivity index (χ2n) is 3.80. The van der Waals surface area contributed by atoms with Crippen LogP contribution in [-0.4, -0.2) is 68.0 Å². The number of H-pyrrole nitrogens is 3. The first-order valence-corrected chi connectivity index (χ1v) is 5.44. The van der Waals surface area contributed by atoms with Crippen LogP contribution < -0.4 is 0 Å². The number of hydrogen-bond donors (Lipinski definition) is 3. The van der Waals surface area contributed by atoms with E-state index in [2.05, 4.69) is 82.5 Å². The number of tetrazole rings is 3. The Morgan fingerprint density at radius 3 is 1.43 bits per heavy atom. The highest BCUT2D eigenvalue weighted by Crippen LogP contribution is 2.39. The van der Waals surface area contributed by atoms with E-state index in [1.54, 1.807) is 0 Å². The van der Waals surface area contributed by atoms with E-state index in [-0.39, 0.29) is 17.5 Å². The monoisotopic (exact) mass is 288 g/mol. The maximum absolute atomic E-state index is 3.95. The van der Waals surface area contributed by atoms with Crippen molar-refractivity contribution in [3.8, 4) is 0 Å². The number of hydrogen-bond acceptors (Lipinski definition) is 13. The van der Waals surface area contributed by atoms with Crippen molar-refractivity contribution in [1.29, 1.82) is 0 Å². The van der Waals surface area contributed by atoms with Crippen molar-refractivity contribution in [1.82, 2.24) is 61.9 Å². The Balaban J connectivity index is 2.04. The summed E-state index contributed by atoms with van der Waals surface area (Å²) in [4.78, 5) is 0. The third kappa shape index (κ3) is 1.45. The van der Waals surface area contributed by atoms with Crippen LogP contribution in [0.3, 0.4) is 0 Å². The van der Waals surface area contributed by atoms with E-state index in [4.69, 9.17) is 0 Å². The van der Waals surface area contributed by atoms with Crippen LogP contribution in [0.5, 0.6) is 0 Å². The molecular weight excluding hydrogens is 284 g/mol. The topological polar surface area (TPSA) is 213 Å². The van der Waals surface area contributed by atoms with Crippen molar-refractivity contribution in [2.45, 2.75) is 11.6 Å². The SMILES string of the molecule is N1=NC(C(c2nn[nH]n2)(c2nn[nH]n2)c2nn[nH]n2)N=N1. The lowest BCUT2D eigenvalue weighted by Gasteiger charge is -2.23. The molecule has 0 aromatic carbocycles. The molecule has 16 heteroatoms. The van der Waals surface area contributed by atoms with E-state index in [9.17, 15) is 0 Å². The van der Waals surface area contributed by atoms with Crippen LogP contribution in [-0.2, 0) is 5.41 Å². The zero-order chi connectivity index (χ0) is 14.1. The largest absolute Gasteiger partial charge is 0.212 e. The van der Waals surface area contributed by atoms with Gasteiger partial charge in [0.05, 0.1) is 0 Å². The van der Waals surface area contributed by atoms with Gasteiger partial charge in [-0.2, -0.15) is 15.6 Å². The molecule has 0 amide bonds. The summed E-state index contributed by atoms with van der Waals surface area (Å²) in [6, 6.07) is 0. The van der Waals surface area contributed by atoms with Gasteiger partial charge in [-0.15, -0.1) is 40.8 Å². The van der Waals surface area contributed by atoms with Gasteiger partial charge in [-0.3, -0.25) is 0 Å². The first kappa shape index (κ1) is 11.3. The molecule has 16 nitrogen and oxygen atoms in total. The third-order valence-electron chi connectivity index (χ3n) is 2.84. The number of nitrogens with zero attached hydrogens (tertiary/aromatic N) is 13. The molecule has 1 aliphatic rings. The van der Waals surface area contributed by atoms with Crippen molar-refractivity contribution in [2.75, 3.05) is 0 Å². The molecule has 4 heterocycles. The van der Waals surface area contributed by atoms with Gasteiger partial charge in [0.2, 0.25) is 29.1 Å². The molecule has 0 atom stereocenters. The Kier molecular flexibility index (Phi) is 2.26. The zero-order valence-electron chi connectivity index (χ0n) is 9.89. The van der Waals surface area contributed by atoms with Gasteiger partial charge in [0.25, 0.3) is 0 Å². The Morgan fingerprint density at radius 1 is 0.667 bits per heavy atom. The molecule has 104 valence electrons. The van der Waals surface area contributed by atoms with E-state index in [1.165, 1.54) is 0 Å². The summed E-state index contributed by atoms with van der Waals surface area (Å²) in [6.07, 6.45) is -0.926. The zero-order valence-corrected chi connectivity index (χ0v) is 9.89. The van der Waals surface area contributed by atoms with Gasteiger partial charge in [0.15, 0.2) is 0 Å². The van der Waals surface area contributed by atoms with Gasteiger partial charge in [0.1, 0.15) is 0 Å². The molecule has 0 radical (unpaired) electrons. The fraction of sp³-hybridized carbons (Fsp3) is 0.400. The van der Waals surface area contributed by atoms with Crippen LogP contribution in [0.15, 0.2) is 20.7 Å². The van der Waals surface area contributed by atoms with Crippen molar-refractivity contribution < 1.29 is 0 Å². The lowest BCUT2D eigenvalue weighted by Crippen LogP contribution is -2.42. The Morgan fingerprint density at radius 2 is 1.10 bits per heavy atom. The van der Waals surface area contributed by atoms with Crippen molar-refractivity contribution in [2.24, 2.45) is 20.7 Å². The summed E-state index contributed by atoms with van der Waals surface area (Å²) in [5, 5.41) is 56.1. The van der Waals surface area contributed by atoms with E-state index in [1.807, 2.05) is 0 Å². The molecule has 1 aliphatic heterocycles. The summed E-state index contributed by atoms with van der Waals surface area (Å²) in [5.41, 5.74) is -1.42. The first-order valence-electron chi connectivity index (χ1n) is 5.44. The van der Waals surface area contributed by atoms with Gasteiger partial charge in [-0.05, 0) is 10.4 Å². The molecule has 0 spiro atoms. The summed E-state index contributed by atoms with van der Waals surface area (Å²) in [6.45, 7) is 0. The lowest BCUT2D eigenvalue weighted by atomic mass is 9.82. The minimum atomic E-state index is -1.42. The molecule has 3 N–H and O–H groups in total. The number of nitrogens with one attached hydrogen (secondary N) is 3. The van der Waals surface area contributed by atoms with Crippen LogP contribution in [0.2, 0.25) is 0 Å². The lowest BCUT2D eigenvalue weighted by molar-refractivity contribution is 0.417. The van der Waals surface area contributed by atoms with Gasteiger partial charge >= 0.3 is 0 Å². The molecule has 0 bridgehead atoms. The highest BCUT2D eigenvalue weighted by molar-refractivity contribution is 5.34. The van der Waals surface area contributed by atoms with Gasteiger partial charge < -0.3 is 0 Å². The Labute approximate surface area is 112 Å². The fourth-order valence-electron chi connectivity index (χ4n) is 1.97. The standard InChI is InChI=1S/C5H4N16/c6-1(7-15-14-6)5(2-8-16-17-9-2,3-10-18-19-11-3)4-12-20-21-13-4/h1H,(H,8,9,16,17)(H,10,11,18,19)(H,12,13,20,21). The molecular formula is C5H4N16. The summed E-state index contributed by atoms with van der Waals surface area (Å²) >= 11 is 0. The van der Waals surface area contributed by atoms with Crippen LogP contribution >= 0.6 is 0 Å². The predicted octanol–water partition coefficient (Wildman–Crippen LogP) is -2.28. The van der Waals surface area contributed by atoms with Crippen molar-refractivity contribution >= 4 is 0 Å². The minimum Gasteiger partial charge on any atom is -0.177 e. The Bertz CT molecular complexity index is 652. The average molecular weight is 288 g/mol. The molecule has 3 aromatic rings.